The lowest BCUT2D eigenvalue weighted by Gasteiger charge is -2.26. The summed E-state index contributed by atoms with van der Waals surface area (Å²) in [5.74, 6) is -0.307. The minimum Gasteiger partial charge on any atom is -0.478 e. The molecule has 0 saturated heterocycles. The molecule has 2 aromatic carbocycles. The van der Waals surface area contributed by atoms with Gasteiger partial charge in [0.05, 0.1) is 17.8 Å². The molecule has 3 rings (SSSR count). The number of Topliss-reactive ketones (excluding diaryl/α,β-unsaturated/α-hetero) is 1. The van der Waals surface area contributed by atoms with Crippen molar-refractivity contribution < 1.29 is 13.9 Å². The van der Waals surface area contributed by atoms with E-state index in [0.717, 1.165) is 5.69 Å². The van der Waals surface area contributed by atoms with Crippen LogP contribution in [0.3, 0.4) is 0 Å². The lowest BCUT2D eigenvalue weighted by molar-refractivity contribution is 0.0797. The molecule has 3 nitrogen and oxygen atoms in total. The number of rotatable bonds is 2. The van der Waals surface area contributed by atoms with E-state index in [1.165, 1.54) is 12.1 Å². The number of anilines is 1. The Labute approximate surface area is 123 Å². The smallest absolute Gasteiger partial charge is 0.208 e. The first-order chi connectivity index (χ1) is 9.65. The summed E-state index contributed by atoms with van der Waals surface area (Å²) in [6, 6.07) is 11.7. The van der Waals surface area contributed by atoms with Gasteiger partial charge in [-0.1, -0.05) is 28.1 Å². The summed E-state index contributed by atoms with van der Waals surface area (Å²) in [6.07, 6.45) is -0.728. The number of ether oxygens (including phenoxy) is 1. The Bertz CT molecular complexity index is 675. The molecule has 0 saturated carbocycles. The fourth-order valence-electron chi connectivity index (χ4n) is 2.12. The van der Waals surface area contributed by atoms with Crippen molar-refractivity contribution >= 4 is 27.4 Å². The van der Waals surface area contributed by atoms with Gasteiger partial charge in [-0.25, -0.2) is 4.39 Å². The molecular formula is C15H11BrFNO2. The van der Waals surface area contributed by atoms with E-state index in [4.69, 9.17) is 4.74 Å². The molecule has 5 heteroatoms. The number of halogens is 2. The van der Waals surface area contributed by atoms with Gasteiger partial charge < -0.3 is 10.1 Å². The van der Waals surface area contributed by atoms with Crippen LogP contribution in [-0.2, 0) is 0 Å². The third kappa shape index (κ3) is 2.41. The van der Waals surface area contributed by atoms with Crippen LogP contribution in [0.15, 0.2) is 46.9 Å². The van der Waals surface area contributed by atoms with Gasteiger partial charge in [0, 0.05) is 4.47 Å². The molecule has 0 bridgehead atoms. The molecule has 1 aliphatic rings. The predicted molar refractivity (Wildman–Crippen MR) is 77.8 cm³/mol. The largest absolute Gasteiger partial charge is 0.478 e. The summed E-state index contributed by atoms with van der Waals surface area (Å²) >= 11 is 3.24. The van der Waals surface area contributed by atoms with Gasteiger partial charge in [-0.05, 0) is 30.3 Å². The maximum atomic E-state index is 13.8. The van der Waals surface area contributed by atoms with Gasteiger partial charge in [0.15, 0.2) is 6.10 Å². The molecule has 0 fully saturated rings. The number of fused-ring (bicyclic) bond motifs is 1. The molecule has 0 radical (unpaired) electrons. The molecule has 20 heavy (non-hydrogen) atoms. The van der Waals surface area contributed by atoms with E-state index in [1.54, 1.807) is 12.1 Å². The van der Waals surface area contributed by atoms with Gasteiger partial charge in [-0.15, -0.1) is 0 Å². The fourth-order valence-corrected chi connectivity index (χ4v) is 2.48. The highest BCUT2D eigenvalue weighted by Gasteiger charge is 2.28. The van der Waals surface area contributed by atoms with Crippen LogP contribution in [0.2, 0.25) is 0 Å². The van der Waals surface area contributed by atoms with E-state index in [-0.39, 0.29) is 11.3 Å². The van der Waals surface area contributed by atoms with E-state index >= 15 is 0 Å². The van der Waals surface area contributed by atoms with Crippen LogP contribution < -0.4 is 10.1 Å². The summed E-state index contributed by atoms with van der Waals surface area (Å²) < 4.78 is 20.1. The van der Waals surface area contributed by atoms with Gasteiger partial charge >= 0.3 is 0 Å². The summed E-state index contributed by atoms with van der Waals surface area (Å²) in [6.45, 7) is 0.321. The molecular weight excluding hydrogens is 325 g/mol. The SMILES string of the molecule is O=C(c1cc(Br)ccc1F)C1CNc2ccccc2O1. The maximum absolute atomic E-state index is 13.8. The average Bonchev–Trinajstić information content (AvgIpc) is 2.48. The number of nitrogens with one attached hydrogen (secondary N) is 1. The van der Waals surface area contributed by atoms with Crippen molar-refractivity contribution in [2.75, 3.05) is 11.9 Å². The van der Waals surface area contributed by atoms with Gasteiger partial charge in [-0.3, -0.25) is 4.79 Å². The Hall–Kier alpha value is -1.88. The monoisotopic (exact) mass is 335 g/mol. The van der Waals surface area contributed by atoms with Crippen molar-refractivity contribution in [2.24, 2.45) is 0 Å². The normalized spacial score (nSPS) is 16.8. The predicted octanol–water partition coefficient (Wildman–Crippen LogP) is 3.64. The van der Waals surface area contributed by atoms with Gasteiger partial charge in [0.2, 0.25) is 5.78 Å². The minimum absolute atomic E-state index is 0.0329. The second-order valence-electron chi connectivity index (χ2n) is 4.47. The van der Waals surface area contributed by atoms with E-state index < -0.39 is 11.9 Å². The molecule has 1 N–H and O–H groups in total. The fraction of sp³-hybridized carbons (Fsp3) is 0.133. The Morgan fingerprint density at radius 1 is 1.30 bits per heavy atom. The Balaban J connectivity index is 1.88. The highest BCUT2D eigenvalue weighted by molar-refractivity contribution is 9.10. The maximum Gasteiger partial charge on any atom is 0.208 e. The number of carbonyl (C=O) groups excluding carboxylic acids is 1. The molecule has 0 aromatic heterocycles. The minimum atomic E-state index is -0.728. The van der Waals surface area contributed by atoms with Crippen molar-refractivity contribution in [2.45, 2.75) is 6.10 Å². The third-order valence-corrected chi connectivity index (χ3v) is 3.61. The molecule has 0 amide bonds. The number of ketones is 1. The average molecular weight is 336 g/mol. The number of benzene rings is 2. The van der Waals surface area contributed by atoms with E-state index in [2.05, 4.69) is 21.2 Å². The molecule has 0 spiro atoms. The number of para-hydroxylation sites is 2. The molecule has 1 unspecified atom stereocenters. The van der Waals surface area contributed by atoms with Crippen LogP contribution in [0, 0.1) is 5.82 Å². The zero-order chi connectivity index (χ0) is 14.1. The first kappa shape index (κ1) is 13.1. The highest BCUT2D eigenvalue weighted by Crippen LogP contribution is 2.29. The van der Waals surface area contributed by atoms with Gasteiger partial charge in [-0.2, -0.15) is 0 Å². The highest BCUT2D eigenvalue weighted by atomic mass is 79.9. The summed E-state index contributed by atoms with van der Waals surface area (Å²) in [5.41, 5.74) is 0.872. The van der Waals surface area contributed by atoms with Crippen LogP contribution in [-0.4, -0.2) is 18.4 Å². The van der Waals surface area contributed by atoms with Crippen LogP contribution in [0.4, 0.5) is 10.1 Å². The first-order valence-electron chi connectivity index (χ1n) is 6.14. The van der Waals surface area contributed by atoms with Crippen molar-refractivity contribution in [1.82, 2.24) is 0 Å². The van der Waals surface area contributed by atoms with Crippen LogP contribution in [0.25, 0.3) is 0 Å². The van der Waals surface area contributed by atoms with Crippen molar-refractivity contribution in [1.29, 1.82) is 0 Å². The Morgan fingerprint density at radius 3 is 2.95 bits per heavy atom. The van der Waals surface area contributed by atoms with Crippen molar-refractivity contribution in [3.05, 3.63) is 58.3 Å². The second-order valence-corrected chi connectivity index (χ2v) is 5.39. The second kappa shape index (κ2) is 5.25. The topological polar surface area (TPSA) is 38.3 Å². The zero-order valence-corrected chi connectivity index (χ0v) is 12.0. The molecule has 1 atom stereocenters. The van der Waals surface area contributed by atoms with Crippen LogP contribution >= 0.6 is 15.9 Å². The zero-order valence-electron chi connectivity index (χ0n) is 10.4. The number of carbonyl (C=O) groups is 1. The van der Waals surface area contributed by atoms with Crippen molar-refractivity contribution in [3.8, 4) is 5.75 Å². The van der Waals surface area contributed by atoms with Crippen LogP contribution in [0.1, 0.15) is 10.4 Å². The first-order valence-corrected chi connectivity index (χ1v) is 6.93. The van der Waals surface area contributed by atoms with Crippen LogP contribution in [0.5, 0.6) is 5.75 Å². The Morgan fingerprint density at radius 2 is 2.10 bits per heavy atom. The molecule has 2 aromatic rings. The van der Waals surface area contributed by atoms with Crippen molar-refractivity contribution in [3.63, 3.8) is 0 Å². The summed E-state index contributed by atoms with van der Waals surface area (Å²) in [7, 11) is 0. The number of hydrogen-bond donors (Lipinski definition) is 1. The lowest BCUT2D eigenvalue weighted by Crippen LogP contribution is -2.38. The number of hydrogen-bond acceptors (Lipinski definition) is 3. The van der Waals surface area contributed by atoms with Gasteiger partial charge in [0.25, 0.3) is 0 Å². The van der Waals surface area contributed by atoms with E-state index in [0.29, 0.717) is 16.8 Å². The van der Waals surface area contributed by atoms with Gasteiger partial charge in [0.1, 0.15) is 11.6 Å². The quantitative estimate of drug-likeness (QED) is 0.851. The Kier molecular flexibility index (Phi) is 3.44. The molecule has 102 valence electrons. The molecule has 0 aliphatic carbocycles. The standard InChI is InChI=1S/C15H11BrFNO2/c16-9-5-6-11(17)10(7-9)15(19)14-8-18-12-3-1-2-4-13(12)20-14/h1-7,14,18H,8H2. The molecule has 1 aliphatic heterocycles. The summed E-state index contributed by atoms with van der Waals surface area (Å²) in [4.78, 5) is 12.4. The van der Waals surface area contributed by atoms with E-state index in [1.807, 2.05) is 18.2 Å². The third-order valence-electron chi connectivity index (χ3n) is 3.12. The van der Waals surface area contributed by atoms with E-state index in [9.17, 15) is 9.18 Å². The molecule has 1 heterocycles. The lowest BCUT2D eigenvalue weighted by atomic mass is 10.0. The summed E-state index contributed by atoms with van der Waals surface area (Å²) in [5, 5.41) is 3.12.